The van der Waals surface area contributed by atoms with E-state index in [0.29, 0.717) is 12.6 Å². The molecule has 1 aliphatic rings. The van der Waals surface area contributed by atoms with Gasteiger partial charge in [0.1, 0.15) is 17.7 Å². The Morgan fingerprint density at radius 3 is 2.55 bits per heavy atom. The van der Waals surface area contributed by atoms with Gasteiger partial charge in [-0.2, -0.15) is 0 Å². The molecule has 31 heavy (non-hydrogen) atoms. The SMILES string of the molecule is CCNC(=NCC(OC)c1ccc(F)cc1)NC1CCN(c2cccc(C)n2)CC1.I. The van der Waals surface area contributed by atoms with E-state index in [2.05, 4.69) is 39.6 Å². The summed E-state index contributed by atoms with van der Waals surface area (Å²) in [5, 5.41) is 6.87. The lowest BCUT2D eigenvalue weighted by atomic mass is 10.1. The van der Waals surface area contributed by atoms with Gasteiger partial charge in [0.15, 0.2) is 5.96 Å². The first-order valence-corrected chi connectivity index (χ1v) is 10.6. The fourth-order valence-electron chi connectivity index (χ4n) is 3.64. The Labute approximate surface area is 201 Å². The molecule has 8 heteroatoms. The first-order valence-electron chi connectivity index (χ1n) is 10.6. The summed E-state index contributed by atoms with van der Waals surface area (Å²) in [5.41, 5.74) is 1.96. The molecule has 1 fully saturated rings. The number of nitrogens with zero attached hydrogens (tertiary/aromatic N) is 3. The Balaban J connectivity index is 0.00000341. The number of ether oxygens (including phenoxy) is 1. The highest BCUT2D eigenvalue weighted by atomic mass is 127. The average Bonchev–Trinajstić information content (AvgIpc) is 2.76. The molecule has 170 valence electrons. The molecule has 2 aromatic rings. The summed E-state index contributed by atoms with van der Waals surface area (Å²) in [4.78, 5) is 11.7. The van der Waals surface area contributed by atoms with E-state index in [9.17, 15) is 4.39 Å². The molecule has 2 heterocycles. The standard InChI is InChI=1S/C23H32FN5O.HI/c1-4-25-23(26-16-21(30-3)18-8-10-19(24)11-9-18)28-20-12-14-29(15-13-20)22-7-5-6-17(2)27-22;/h5-11,20-21H,4,12-16H2,1-3H3,(H2,25,26,28);1H. The number of rotatable bonds is 7. The van der Waals surface area contributed by atoms with Gasteiger partial charge < -0.3 is 20.3 Å². The van der Waals surface area contributed by atoms with Crippen molar-refractivity contribution in [1.82, 2.24) is 15.6 Å². The second kappa shape index (κ2) is 12.8. The zero-order chi connectivity index (χ0) is 21.3. The first kappa shape index (κ1) is 25.3. The Morgan fingerprint density at radius 1 is 1.23 bits per heavy atom. The van der Waals surface area contributed by atoms with Crippen LogP contribution in [0.4, 0.5) is 10.2 Å². The molecule has 1 aromatic heterocycles. The number of aliphatic imine (C=N–C) groups is 1. The number of nitrogens with one attached hydrogen (secondary N) is 2. The van der Waals surface area contributed by atoms with E-state index in [1.165, 1.54) is 12.1 Å². The highest BCUT2D eigenvalue weighted by molar-refractivity contribution is 14.0. The van der Waals surface area contributed by atoms with E-state index >= 15 is 0 Å². The molecule has 1 atom stereocenters. The maximum atomic E-state index is 13.2. The predicted octanol–water partition coefficient (Wildman–Crippen LogP) is 4.06. The van der Waals surface area contributed by atoms with Crippen LogP contribution in [0.5, 0.6) is 0 Å². The van der Waals surface area contributed by atoms with Crippen molar-refractivity contribution in [3.05, 3.63) is 59.5 Å². The minimum absolute atomic E-state index is 0. The van der Waals surface area contributed by atoms with Crippen LogP contribution in [0.2, 0.25) is 0 Å². The maximum absolute atomic E-state index is 13.2. The van der Waals surface area contributed by atoms with E-state index < -0.39 is 0 Å². The molecule has 6 nitrogen and oxygen atoms in total. The number of benzene rings is 1. The summed E-state index contributed by atoms with van der Waals surface area (Å²) in [7, 11) is 1.65. The van der Waals surface area contributed by atoms with Gasteiger partial charge >= 0.3 is 0 Å². The van der Waals surface area contributed by atoms with Crippen molar-refractivity contribution >= 4 is 35.8 Å². The molecule has 0 spiro atoms. The first-order chi connectivity index (χ1) is 14.6. The highest BCUT2D eigenvalue weighted by Crippen LogP contribution is 2.19. The van der Waals surface area contributed by atoms with Crippen LogP contribution in [-0.2, 0) is 4.74 Å². The number of aryl methyl sites for hydroxylation is 1. The molecule has 2 N–H and O–H groups in total. The van der Waals surface area contributed by atoms with Crippen molar-refractivity contribution in [2.75, 3.05) is 38.2 Å². The van der Waals surface area contributed by atoms with E-state index in [1.54, 1.807) is 19.2 Å². The van der Waals surface area contributed by atoms with Crippen LogP contribution in [0.25, 0.3) is 0 Å². The van der Waals surface area contributed by atoms with Crippen LogP contribution < -0.4 is 15.5 Å². The fraction of sp³-hybridized carbons (Fsp3) is 0.478. The third kappa shape index (κ3) is 7.60. The van der Waals surface area contributed by atoms with Gasteiger partial charge in [-0.1, -0.05) is 18.2 Å². The average molecular weight is 541 g/mol. The molecule has 0 bridgehead atoms. The molecular formula is C23H33FIN5O. The second-order valence-electron chi connectivity index (χ2n) is 7.54. The summed E-state index contributed by atoms with van der Waals surface area (Å²) in [6.45, 7) is 7.25. The number of piperidine rings is 1. The van der Waals surface area contributed by atoms with Crippen molar-refractivity contribution in [1.29, 1.82) is 0 Å². The molecule has 1 aromatic carbocycles. The minimum Gasteiger partial charge on any atom is -0.375 e. The van der Waals surface area contributed by atoms with Crippen LogP contribution in [0.3, 0.4) is 0 Å². The lowest BCUT2D eigenvalue weighted by Gasteiger charge is -2.34. The van der Waals surface area contributed by atoms with Gasteiger partial charge in [-0.15, -0.1) is 24.0 Å². The normalized spacial score (nSPS) is 15.9. The topological polar surface area (TPSA) is 61.8 Å². The van der Waals surface area contributed by atoms with Crippen LogP contribution in [0.1, 0.15) is 37.1 Å². The quantitative estimate of drug-likeness (QED) is 0.315. The van der Waals surface area contributed by atoms with E-state index in [0.717, 1.165) is 55.5 Å². The lowest BCUT2D eigenvalue weighted by molar-refractivity contribution is 0.111. The van der Waals surface area contributed by atoms with Gasteiger partial charge in [0.05, 0.1) is 6.54 Å². The molecular weight excluding hydrogens is 508 g/mol. The number of methoxy groups -OCH3 is 1. The Kier molecular flexibility index (Phi) is 10.5. The Hall–Kier alpha value is -1.94. The molecule has 1 aliphatic heterocycles. The van der Waals surface area contributed by atoms with Gasteiger partial charge in [0, 0.05) is 38.5 Å². The third-order valence-electron chi connectivity index (χ3n) is 5.32. The number of halogens is 2. The van der Waals surface area contributed by atoms with Crippen molar-refractivity contribution < 1.29 is 9.13 Å². The zero-order valence-corrected chi connectivity index (χ0v) is 20.8. The van der Waals surface area contributed by atoms with Crippen LogP contribution in [-0.4, -0.2) is 50.3 Å². The van der Waals surface area contributed by atoms with Crippen LogP contribution >= 0.6 is 24.0 Å². The summed E-state index contributed by atoms with van der Waals surface area (Å²) >= 11 is 0. The number of aromatic nitrogens is 1. The predicted molar refractivity (Wildman–Crippen MR) is 135 cm³/mol. The molecule has 0 radical (unpaired) electrons. The van der Waals surface area contributed by atoms with Gasteiger partial charge in [0.2, 0.25) is 0 Å². The molecule has 0 aliphatic carbocycles. The Bertz CT molecular complexity index is 825. The maximum Gasteiger partial charge on any atom is 0.191 e. The number of hydrogen-bond acceptors (Lipinski definition) is 4. The number of anilines is 1. The molecule has 0 amide bonds. The molecule has 0 saturated carbocycles. The van der Waals surface area contributed by atoms with Gasteiger partial charge in [-0.25, -0.2) is 9.37 Å². The van der Waals surface area contributed by atoms with Crippen LogP contribution in [0.15, 0.2) is 47.5 Å². The zero-order valence-electron chi connectivity index (χ0n) is 18.5. The molecule has 1 saturated heterocycles. The largest absolute Gasteiger partial charge is 0.375 e. The smallest absolute Gasteiger partial charge is 0.191 e. The van der Waals surface area contributed by atoms with E-state index in [4.69, 9.17) is 9.73 Å². The number of guanidine groups is 1. The summed E-state index contributed by atoms with van der Waals surface area (Å²) in [6, 6.07) is 12.9. The van der Waals surface area contributed by atoms with Gasteiger partial charge in [0.25, 0.3) is 0 Å². The van der Waals surface area contributed by atoms with Gasteiger partial charge in [-0.3, -0.25) is 4.99 Å². The van der Waals surface area contributed by atoms with Crippen molar-refractivity contribution in [3.63, 3.8) is 0 Å². The van der Waals surface area contributed by atoms with E-state index in [-0.39, 0.29) is 35.9 Å². The van der Waals surface area contributed by atoms with Crippen molar-refractivity contribution in [2.45, 2.75) is 38.8 Å². The minimum atomic E-state index is -0.251. The van der Waals surface area contributed by atoms with E-state index in [1.807, 2.05) is 13.0 Å². The van der Waals surface area contributed by atoms with Crippen LogP contribution in [0, 0.1) is 12.7 Å². The Morgan fingerprint density at radius 2 is 1.94 bits per heavy atom. The molecule has 3 rings (SSSR count). The fourth-order valence-corrected chi connectivity index (χ4v) is 3.64. The summed E-state index contributed by atoms with van der Waals surface area (Å²) < 4.78 is 18.8. The molecule has 1 unspecified atom stereocenters. The van der Waals surface area contributed by atoms with Crippen molar-refractivity contribution in [2.24, 2.45) is 4.99 Å². The highest BCUT2D eigenvalue weighted by Gasteiger charge is 2.21. The number of hydrogen-bond donors (Lipinski definition) is 2. The summed E-state index contributed by atoms with van der Waals surface area (Å²) in [6.07, 6.45) is 1.83. The third-order valence-corrected chi connectivity index (χ3v) is 5.32. The monoisotopic (exact) mass is 541 g/mol. The lowest BCUT2D eigenvalue weighted by Crippen LogP contribution is -2.49. The second-order valence-corrected chi connectivity index (χ2v) is 7.54. The summed E-state index contributed by atoms with van der Waals surface area (Å²) in [5.74, 6) is 1.59. The van der Waals surface area contributed by atoms with Crippen molar-refractivity contribution in [3.8, 4) is 0 Å². The van der Waals surface area contributed by atoms with Gasteiger partial charge in [-0.05, 0) is 56.5 Å². The number of pyridine rings is 1.